The van der Waals surface area contributed by atoms with E-state index < -0.39 is 0 Å². The maximum atomic E-state index is 6.45. The lowest BCUT2D eigenvalue weighted by Gasteiger charge is -2.37. The average molecular weight is 442 g/mol. The zero-order valence-corrected chi connectivity index (χ0v) is 18.2. The molecule has 3 aromatic heterocycles. The van der Waals surface area contributed by atoms with Crippen LogP contribution in [-0.2, 0) is 0 Å². The summed E-state index contributed by atoms with van der Waals surface area (Å²) in [5, 5.41) is 15.5. The lowest BCUT2D eigenvalue weighted by molar-refractivity contribution is 0.279. The van der Waals surface area contributed by atoms with E-state index in [-0.39, 0.29) is 0 Å². The number of hydrogen-bond donors (Lipinski definition) is 2. The Morgan fingerprint density at radius 3 is 2.57 bits per heavy atom. The van der Waals surface area contributed by atoms with Gasteiger partial charge >= 0.3 is 0 Å². The zero-order valence-electron chi connectivity index (χ0n) is 16.7. The fraction of sp³-hybridized carbons (Fsp3) is 0.333. The Balaban J connectivity index is 1.67. The largest absolute Gasteiger partial charge is 0.355 e. The molecule has 0 radical (unpaired) electrons. The Hall–Kier alpha value is -2.64. The smallest absolute Gasteiger partial charge is 0.202 e. The minimum Gasteiger partial charge on any atom is -0.355 e. The molecule has 1 saturated heterocycles. The number of nitrogens with one attached hydrogen (secondary N) is 2. The molecule has 1 fully saturated rings. The van der Waals surface area contributed by atoms with Crippen LogP contribution in [0.25, 0.3) is 33.8 Å². The van der Waals surface area contributed by atoms with Crippen LogP contribution < -0.4 is 4.90 Å². The van der Waals surface area contributed by atoms with Crippen molar-refractivity contribution in [1.82, 2.24) is 30.4 Å². The number of halogens is 2. The third-order valence-electron chi connectivity index (χ3n) is 5.76. The normalized spacial score (nSPS) is 16.3. The van der Waals surface area contributed by atoms with Crippen LogP contribution in [0.4, 0.5) is 5.82 Å². The van der Waals surface area contributed by atoms with Gasteiger partial charge in [0.05, 0.1) is 21.4 Å². The fourth-order valence-corrected chi connectivity index (χ4v) is 4.22. The summed E-state index contributed by atoms with van der Waals surface area (Å²) in [6.07, 6.45) is 3.91. The van der Waals surface area contributed by atoms with E-state index in [9.17, 15) is 0 Å². The Morgan fingerprint density at radius 2 is 1.83 bits per heavy atom. The number of anilines is 1. The lowest BCUT2D eigenvalue weighted by atomic mass is 9.82. The minimum absolute atomic E-state index is 0.338. The third kappa shape index (κ3) is 3.32. The highest BCUT2D eigenvalue weighted by atomic mass is 35.5. The van der Waals surface area contributed by atoms with Gasteiger partial charge < -0.3 is 4.90 Å². The van der Waals surface area contributed by atoms with E-state index in [2.05, 4.69) is 39.1 Å². The van der Waals surface area contributed by atoms with Gasteiger partial charge in [-0.15, -0.1) is 0 Å². The summed E-state index contributed by atoms with van der Waals surface area (Å²) in [7, 11) is 0. The number of rotatable bonds is 3. The Morgan fingerprint density at radius 1 is 1.03 bits per heavy atom. The van der Waals surface area contributed by atoms with Crippen molar-refractivity contribution in [2.75, 3.05) is 18.0 Å². The average Bonchev–Trinajstić information content (AvgIpc) is 3.39. The molecule has 4 aromatic rings. The van der Waals surface area contributed by atoms with Crippen molar-refractivity contribution in [3.05, 3.63) is 40.5 Å². The number of aromatic nitrogens is 6. The van der Waals surface area contributed by atoms with Gasteiger partial charge in [-0.05, 0) is 30.4 Å². The molecule has 9 heteroatoms. The Labute approximate surface area is 183 Å². The lowest BCUT2D eigenvalue weighted by Crippen LogP contribution is -2.38. The molecule has 4 heterocycles. The zero-order chi connectivity index (χ0) is 20.9. The summed E-state index contributed by atoms with van der Waals surface area (Å²) in [6.45, 7) is 6.46. The maximum Gasteiger partial charge on any atom is 0.202 e. The molecular formula is C21H21Cl2N7. The van der Waals surface area contributed by atoms with Crippen molar-refractivity contribution >= 4 is 40.2 Å². The first-order chi connectivity index (χ1) is 14.4. The van der Waals surface area contributed by atoms with Gasteiger partial charge in [0.15, 0.2) is 5.82 Å². The first-order valence-electron chi connectivity index (χ1n) is 9.88. The van der Waals surface area contributed by atoms with Crippen molar-refractivity contribution in [2.24, 2.45) is 5.41 Å². The Bertz CT molecular complexity index is 1200. The summed E-state index contributed by atoms with van der Waals surface area (Å²) in [4.78, 5) is 12.1. The van der Waals surface area contributed by atoms with Gasteiger partial charge in [-0.3, -0.25) is 10.2 Å². The van der Waals surface area contributed by atoms with E-state index >= 15 is 0 Å². The molecule has 0 aliphatic carbocycles. The number of nitrogens with zero attached hydrogens (tertiary/aromatic N) is 5. The molecule has 0 amide bonds. The molecule has 154 valence electrons. The van der Waals surface area contributed by atoms with Gasteiger partial charge in [0.1, 0.15) is 11.2 Å². The van der Waals surface area contributed by atoms with E-state index in [1.54, 1.807) is 12.3 Å². The van der Waals surface area contributed by atoms with Crippen molar-refractivity contribution in [3.63, 3.8) is 0 Å². The van der Waals surface area contributed by atoms with E-state index in [0.717, 1.165) is 48.7 Å². The summed E-state index contributed by atoms with van der Waals surface area (Å²) >= 11 is 12.7. The van der Waals surface area contributed by atoms with Crippen LogP contribution in [0.2, 0.25) is 10.0 Å². The van der Waals surface area contributed by atoms with Crippen molar-refractivity contribution in [1.29, 1.82) is 0 Å². The second-order valence-electron chi connectivity index (χ2n) is 8.39. The first-order valence-corrected chi connectivity index (χ1v) is 10.6. The fourth-order valence-electron chi connectivity index (χ4n) is 3.82. The van der Waals surface area contributed by atoms with Gasteiger partial charge in [-0.1, -0.05) is 49.2 Å². The SMILES string of the molecule is CC1(C)CCN(c2nc3n[nH]c(-c4cccc(Cl)c4Cl)c3nc2-c2ccn[nH]2)CC1. The first kappa shape index (κ1) is 19.3. The van der Waals surface area contributed by atoms with Crippen LogP contribution in [0, 0.1) is 5.41 Å². The highest BCUT2D eigenvalue weighted by Crippen LogP contribution is 2.38. The van der Waals surface area contributed by atoms with E-state index in [1.807, 2.05) is 18.2 Å². The van der Waals surface area contributed by atoms with Gasteiger partial charge in [-0.25, -0.2) is 9.97 Å². The molecule has 1 aromatic carbocycles. The monoisotopic (exact) mass is 441 g/mol. The second kappa shape index (κ2) is 7.25. The molecule has 0 saturated carbocycles. The van der Waals surface area contributed by atoms with Crippen LogP contribution in [0.1, 0.15) is 26.7 Å². The van der Waals surface area contributed by atoms with Gasteiger partial charge in [0.25, 0.3) is 0 Å². The molecule has 0 unspecified atom stereocenters. The van der Waals surface area contributed by atoms with Crippen LogP contribution in [0.3, 0.4) is 0 Å². The topological polar surface area (TPSA) is 86.4 Å². The van der Waals surface area contributed by atoms with Gasteiger partial charge in [0.2, 0.25) is 5.65 Å². The van der Waals surface area contributed by atoms with Gasteiger partial charge in [0, 0.05) is 24.8 Å². The molecule has 1 aliphatic heterocycles. The molecule has 5 rings (SSSR count). The molecule has 0 spiro atoms. The van der Waals surface area contributed by atoms with Crippen molar-refractivity contribution < 1.29 is 0 Å². The summed E-state index contributed by atoms with van der Waals surface area (Å²) < 4.78 is 0. The molecule has 0 atom stereocenters. The molecular weight excluding hydrogens is 421 g/mol. The standard InChI is InChI=1S/C21H21Cl2N7/c1-21(2)7-10-30(11-8-21)20-17(14-6-9-24-27-14)25-18-16(28-29-19(18)26-20)12-4-3-5-13(22)15(12)23/h3-6,9H,7-8,10-11H2,1-2H3,(H,24,27)(H,26,28,29). The van der Waals surface area contributed by atoms with E-state index in [0.29, 0.717) is 32.3 Å². The minimum atomic E-state index is 0.338. The third-order valence-corrected chi connectivity index (χ3v) is 6.58. The van der Waals surface area contributed by atoms with Crippen LogP contribution in [-0.4, -0.2) is 43.5 Å². The number of hydrogen-bond acceptors (Lipinski definition) is 5. The van der Waals surface area contributed by atoms with E-state index in [4.69, 9.17) is 33.2 Å². The number of aromatic amines is 2. The predicted molar refractivity (Wildman–Crippen MR) is 120 cm³/mol. The number of benzene rings is 1. The van der Waals surface area contributed by atoms with Crippen LogP contribution in [0.15, 0.2) is 30.5 Å². The Kier molecular flexibility index (Phi) is 4.67. The predicted octanol–water partition coefficient (Wildman–Crippen LogP) is 5.34. The summed E-state index contributed by atoms with van der Waals surface area (Å²) in [6, 6.07) is 7.39. The highest BCUT2D eigenvalue weighted by Gasteiger charge is 2.29. The van der Waals surface area contributed by atoms with Crippen LogP contribution in [0.5, 0.6) is 0 Å². The second-order valence-corrected chi connectivity index (χ2v) is 9.17. The number of piperidine rings is 1. The molecule has 2 N–H and O–H groups in total. The molecule has 1 aliphatic rings. The maximum absolute atomic E-state index is 6.45. The number of H-pyrrole nitrogens is 2. The van der Waals surface area contributed by atoms with Gasteiger partial charge in [-0.2, -0.15) is 10.2 Å². The van der Waals surface area contributed by atoms with Crippen molar-refractivity contribution in [3.8, 4) is 22.6 Å². The van der Waals surface area contributed by atoms with Crippen LogP contribution >= 0.6 is 23.2 Å². The molecule has 0 bridgehead atoms. The molecule has 7 nitrogen and oxygen atoms in total. The quantitative estimate of drug-likeness (QED) is 0.447. The molecule has 30 heavy (non-hydrogen) atoms. The summed E-state index contributed by atoms with van der Waals surface area (Å²) in [5.41, 5.74) is 4.52. The van der Waals surface area contributed by atoms with Crippen molar-refractivity contribution in [2.45, 2.75) is 26.7 Å². The highest BCUT2D eigenvalue weighted by molar-refractivity contribution is 6.43. The summed E-state index contributed by atoms with van der Waals surface area (Å²) in [5.74, 6) is 0.817. The van der Waals surface area contributed by atoms with E-state index in [1.165, 1.54) is 0 Å². The number of fused-ring (bicyclic) bond motifs is 1.